The summed E-state index contributed by atoms with van der Waals surface area (Å²) in [6.07, 6.45) is 5.28. The molecule has 11 heteroatoms. The van der Waals surface area contributed by atoms with Gasteiger partial charge in [-0.3, -0.25) is 9.69 Å². The van der Waals surface area contributed by atoms with Gasteiger partial charge in [-0.25, -0.2) is 9.52 Å². The summed E-state index contributed by atoms with van der Waals surface area (Å²) in [5.41, 5.74) is 4.10. The Balaban J connectivity index is 1.63. The Morgan fingerprint density at radius 3 is 2.39 bits per heavy atom. The van der Waals surface area contributed by atoms with Crippen LogP contribution >= 0.6 is 0 Å². The Bertz CT molecular complexity index is 1770. The minimum absolute atomic E-state index is 0.0335. The largest absolute Gasteiger partial charge is 0.497 e. The number of nitrogens with one attached hydrogen (secondary N) is 1. The number of hydrogen-bond donors (Lipinski definition) is 2. The average Bonchev–Trinajstić information content (AvgIpc) is 3.59. The lowest BCUT2D eigenvalue weighted by molar-refractivity contribution is 0.0523. The van der Waals surface area contributed by atoms with Crippen molar-refractivity contribution >= 4 is 33.1 Å². The zero-order valence-electron chi connectivity index (χ0n) is 26.3. The maximum absolute atomic E-state index is 13.3. The summed E-state index contributed by atoms with van der Waals surface area (Å²) in [6.45, 7) is 6.20. The first kappa shape index (κ1) is 30.5. The second-order valence-corrected chi connectivity index (χ2v) is 15.6. The van der Waals surface area contributed by atoms with E-state index in [0.29, 0.717) is 18.9 Å². The van der Waals surface area contributed by atoms with Crippen molar-refractivity contribution in [2.24, 2.45) is 0 Å². The highest BCUT2D eigenvalue weighted by atomic mass is 32.2. The van der Waals surface area contributed by atoms with Gasteiger partial charge in [-0.05, 0) is 87.4 Å². The predicted octanol–water partition coefficient (Wildman–Crippen LogP) is 5.92. The molecule has 0 spiro atoms. The van der Waals surface area contributed by atoms with E-state index in [1.165, 1.54) is 26.1 Å². The first-order chi connectivity index (χ1) is 20.7. The molecule has 44 heavy (non-hydrogen) atoms. The lowest BCUT2D eigenvalue weighted by Crippen LogP contribution is -2.55. The summed E-state index contributed by atoms with van der Waals surface area (Å²) in [7, 11) is 0.387. The lowest BCUT2D eigenvalue weighted by Gasteiger charge is -2.41. The number of nitrogens with zero attached hydrogens (tertiary/aromatic N) is 3. The first-order valence-corrected chi connectivity index (χ1v) is 16.8. The fraction of sp³-hybridized carbons (Fsp3) is 0.515. The fourth-order valence-corrected chi connectivity index (χ4v) is 8.36. The number of fused-ring (bicyclic) bond motifs is 7. The summed E-state index contributed by atoms with van der Waals surface area (Å²) in [5.74, 6) is 0.297. The van der Waals surface area contributed by atoms with E-state index in [9.17, 15) is 23.1 Å². The van der Waals surface area contributed by atoms with Gasteiger partial charge in [-0.2, -0.15) is 12.7 Å². The zero-order valence-corrected chi connectivity index (χ0v) is 27.1. The maximum atomic E-state index is 13.3. The summed E-state index contributed by atoms with van der Waals surface area (Å²) < 4.78 is 36.0. The van der Waals surface area contributed by atoms with E-state index in [-0.39, 0.29) is 11.5 Å². The Morgan fingerprint density at radius 1 is 1.07 bits per heavy atom. The molecule has 2 atom stereocenters. The highest BCUT2D eigenvalue weighted by Crippen LogP contribution is 2.63. The van der Waals surface area contributed by atoms with Crippen LogP contribution in [-0.4, -0.2) is 71.6 Å². The number of aromatic nitrogens is 1. The van der Waals surface area contributed by atoms with Crippen molar-refractivity contribution in [3.63, 3.8) is 0 Å². The zero-order chi connectivity index (χ0) is 31.8. The van der Waals surface area contributed by atoms with E-state index in [4.69, 9.17) is 4.74 Å². The van der Waals surface area contributed by atoms with Gasteiger partial charge in [-0.1, -0.05) is 25.3 Å². The molecule has 0 radical (unpaired) electrons. The molecule has 2 N–H and O–H groups in total. The van der Waals surface area contributed by atoms with Gasteiger partial charge >= 0.3 is 16.3 Å². The van der Waals surface area contributed by atoms with E-state index in [1.807, 2.05) is 32.9 Å². The second kappa shape index (κ2) is 10.5. The molecule has 0 unspecified atom stereocenters. The monoisotopic (exact) mass is 622 g/mol. The predicted molar refractivity (Wildman–Crippen MR) is 170 cm³/mol. The summed E-state index contributed by atoms with van der Waals surface area (Å²) >= 11 is 0. The third kappa shape index (κ3) is 4.84. The molecule has 2 saturated carbocycles. The minimum Gasteiger partial charge on any atom is -0.497 e. The number of amides is 2. The molecule has 3 aliphatic rings. The van der Waals surface area contributed by atoms with Gasteiger partial charge in [0.05, 0.1) is 18.3 Å². The van der Waals surface area contributed by atoms with Gasteiger partial charge in [-0.15, -0.1) is 0 Å². The van der Waals surface area contributed by atoms with Crippen LogP contribution in [0.1, 0.15) is 92.6 Å². The summed E-state index contributed by atoms with van der Waals surface area (Å²) in [6, 6.07) is 11.5. The van der Waals surface area contributed by atoms with Crippen LogP contribution in [0.2, 0.25) is 0 Å². The number of carbonyl (C=O) groups is 2. The summed E-state index contributed by atoms with van der Waals surface area (Å²) in [4.78, 5) is 27.8. The van der Waals surface area contributed by atoms with Crippen molar-refractivity contribution in [1.29, 1.82) is 0 Å². The highest BCUT2D eigenvalue weighted by Gasteiger charge is 2.65. The minimum atomic E-state index is -3.99. The van der Waals surface area contributed by atoms with Crippen molar-refractivity contribution in [2.75, 3.05) is 21.2 Å². The van der Waals surface area contributed by atoms with Crippen LogP contribution < -0.4 is 9.46 Å². The van der Waals surface area contributed by atoms with Crippen LogP contribution in [0.5, 0.6) is 5.75 Å². The Morgan fingerprint density at radius 2 is 1.77 bits per heavy atom. The van der Waals surface area contributed by atoms with E-state index in [0.717, 1.165) is 63.5 Å². The quantitative estimate of drug-likeness (QED) is 0.352. The van der Waals surface area contributed by atoms with Crippen LogP contribution in [0, 0.1) is 0 Å². The highest BCUT2D eigenvalue weighted by molar-refractivity contribution is 7.87. The van der Waals surface area contributed by atoms with Gasteiger partial charge in [0.2, 0.25) is 0 Å². The number of hydrogen-bond acceptors (Lipinski definition) is 5. The molecule has 2 fully saturated rings. The SMILES string of the molecule is COc1ccc2c(c1)[C@@H]1C[C@]1(N(C(=O)O)C(C)(C)C)Cn1c-2c(C2CCCCC2)c2ccc(C(=O)NS(=O)(=O)N(C)C)cc21. The molecule has 0 saturated heterocycles. The number of rotatable bonds is 6. The third-order valence-corrected chi connectivity index (χ3v) is 11.2. The van der Waals surface area contributed by atoms with Crippen LogP contribution in [0.4, 0.5) is 4.79 Å². The fourth-order valence-electron chi connectivity index (χ4n) is 7.82. The number of ether oxygens (including phenoxy) is 1. The topological polar surface area (TPSA) is 121 Å². The normalized spacial score (nSPS) is 21.7. The molecule has 1 aliphatic heterocycles. The average molecular weight is 623 g/mol. The van der Waals surface area contributed by atoms with Crippen molar-refractivity contribution < 1.29 is 27.9 Å². The summed E-state index contributed by atoms with van der Waals surface area (Å²) in [5, 5.41) is 11.6. The maximum Gasteiger partial charge on any atom is 0.408 e. The van der Waals surface area contributed by atoms with E-state index >= 15 is 0 Å². The van der Waals surface area contributed by atoms with Gasteiger partial charge < -0.3 is 14.4 Å². The lowest BCUT2D eigenvalue weighted by atomic mass is 9.81. The molecule has 2 aliphatic carbocycles. The number of methoxy groups -OCH3 is 1. The molecule has 2 amide bonds. The third-order valence-electron chi connectivity index (χ3n) is 9.76. The number of benzene rings is 2. The van der Waals surface area contributed by atoms with Crippen LogP contribution in [0.25, 0.3) is 22.2 Å². The Labute approximate surface area is 259 Å². The number of carboxylic acid groups (broad SMARTS) is 1. The van der Waals surface area contributed by atoms with Crippen LogP contribution in [0.15, 0.2) is 36.4 Å². The Hall–Kier alpha value is -3.57. The molecule has 6 rings (SSSR count). The molecule has 236 valence electrons. The van der Waals surface area contributed by atoms with Crippen molar-refractivity contribution in [3.05, 3.63) is 53.1 Å². The van der Waals surface area contributed by atoms with E-state index in [1.54, 1.807) is 24.1 Å². The molecule has 3 aromatic rings. The van der Waals surface area contributed by atoms with Gasteiger partial charge in [0, 0.05) is 54.1 Å². The van der Waals surface area contributed by atoms with Crippen molar-refractivity contribution in [2.45, 2.75) is 88.8 Å². The number of carbonyl (C=O) groups excluding carboxylic acids is 1. The van der Waals surface area contributed by atoms with Crippen LogP contribution in [0.3, 0.4) is 0 Å². The molecular weight excluding hydrogens is 580 g/mol. The standard InChI is InChI=1S/C33H42N4O6S/c1-32(2,3)37(31(39)40)33-18-26(33)25-17-22(43-6)13-15-23(25)29-28(20-10-8-7-9-11-20)24-14-12-21(16-27(24)36(29)19-33)30(38)34-44(41,42)35(4)5/h12-17,20,26H,7-11,18-19H2,1-6H3,(H,34,38)(H,39,40)/t26-,33-/m0/s1. The molecular formula is C33H42N4O6S. The molecule has 1 aromatic heterocycles. The van der Waals surface area contributed by atoms with Crippen molar-refractivity contribution in [1.82, 2.24) is 18.5 Å². The van der Waals surface area contributed by atoms with Gasteiger partial charge in [0.25, 0.3) is 5.91 Å². The molecule has 0 bridgehead atoms. The Kier molecular flexibility index (Phi) is 7.28. The first-order valence-electron chi connectivity index (χ1n) is 15.3. The molecule has 2 heterocycles. The van der Waals surface area contributed by atoms with Crippen LogP contribution in [-0.2, 0) is 16.8 Å². The molecule has 2 aromatic carbocycles. The van der Waals surface area contributed by atoms with Crippen molar-refractivity contribution in [3.8, 4) is 17.0 Å². The van der Waals surface area contributed by atoms with E-state index in [2.05, 4.69) is 21.4 Å². The van der Waals surface area contributed by atoms with Gasteiger partial charge in [0.15, 0.2) is 0 Å². The molecule has 10 nitrogen and oxygen atoms in total. The second-order valence-electron chi connectivity index (χ2n) is 13.7. The smallest absolute Gasteiger partial charge is 0.408 e. The van der Waals surface area contributed by atoms with Gasteiger partial charge in [0.1, 0.15) is 5.75 Å². The van der Waals surface area contributed by atoms with E-state index < -0.39 is 33.3 Å².